The molecule has 0 amide bonds. The fraction of sp³-hybridized carbons (Fsp3) is 0.0909. The highest BCUT2D eigenvalue weighted by Crippen LogP contribution is 2.26. The van der Waals surface area contributed by atoms with Crippen molar-refractivity contribution in [2.24, 2.45) is 7.05 Å². The van der Waals surface area contributed by atoms with Crippen LogP contribution in [-0.4, -0.2) is 20.9 Å². The summed E-state index contributed by atoms with van der Waals surface area (Å²) in [6.07, 6.45) is 3.33. The van der Waals surface area contributed by atoms with Crippen molar-refractivity contribution >= 4 is 23.0 Å². The quantitative estimate of drug-likeness (QED) is 0.696. The molecule has 0 fully saturated rings. The molecule has 6 nitrogen and oxygen atoms in total. The zero-order valence-electron chi connectivity index (χ0n) is 9.21. The van der Waals surface area contributed by atoms with Gasteiger partial charge in [0.25, 0.3) is 0 Å². The first-order valence-electron chi connectivity index (χ1n) is 4.95. The molecule has 2 rings (SSSR count). The number of benzene rings is 1. The van der Waals surface area contributed by atoms with Gasteiger partial charge in [0.15, 0.2) is 0 Å². The molecule has 0 atom stereocenters. The normalized spacial score (nSPS) is 10.2. The average Bonchev–Trinajstić information content (AvgIpc) is 2.67. The van der Waals surface area contributed by atoms with E-state index >= 15 is 0 Å². The predicted octanol–water partition coefficient (Wildman–Crippen LogP) is 1.44. The minimum Gasteiger partial charge on any atom is -0.478 e. The highest BCUT2D eigenvalue weighted by molar-refractivity contribution is 5.98. The maximum absolute atomic E-state index is 11.1. The molecule has 0 aliphatic heterocycles. The highest BCUT2D eigenvalue weighted by atomic mass is 16.4. The number of nitrogen functional groups attached to an aromatic ring is 1. The third-order valence-electron chi connectivity index (χ3n) is 2.30. The van der Waals surface area contributed by atoms with Crippen molar-refractivity contribution in [3.63, 3.8) is 0 Å². The molecule has 2 aromatic rings. The third kappa shape index (κ3) is 2.20. The van der Waals surface area contributed by atoms with Crippen LogP contribution in [-0.2, 0) is 7.05 Å². The molecule has 0 bridgehead atoms. The maximum Gasteiger partial charge on any atom is 0.337 e. The van der Waals surface area contributed by atoms with Crippen LogP contribution in [0.4, 0.5) is 17.1 Å². The van der Waals surface area contributed by atoms with Gasteiger partial charge in [-0.3, -0.25) is 4.68 Å². The SMILES string of the molecule is Cn1cc(Nc2c(N)cccc2C(=O)O)cn1. The van der Waals surface area contributed by atoms with Crippen LogP contribution >= 0.6 is 0 Å². The zero-order chi connectivity index (χ0) is 12.4. The van der Waals surface area contributed by atoms with Gasteiger partial charge in [0.1, 0.15) is 0 Å². The van der Waals surface area contributed by atoms with Crippen LogP contribution in [0.25, 0.3) is 0 Å². The Morgan fingerprint density at radius 2 is 2.29 bits per heavy atom. The second-order valence-electron chi connectivity index (χ2n) is 3.60. The molecular formula is C11H12N4O2. The van der Waals surface area contributed by atoms with E-state index in [-0.39, 0.29) is 5.56 Å². The largest absolute Gasteiger partial charge is 0.478 e. The average molecular weight is 232 g/mol. The van der Waals surface area contributed by atoms with Crippen molar-refractivity contribution in [1.82, 2.24) is 9.78 Å². The molecule has 0 radical (unpaired) electrons. The summed E-state index contributed by atoms with van der Waals surface area (Å²) >= 11 is 0. The molecule has 1 heterocycles. The van der Waals surface area contributed by atoms with E-state index in [9.17, 15) is 4.79 Å². The van der Waals surface area contributed by atoms with Gasteiger partial charge < -0.3 is 16.2 Å². The minimum atomic E-state index is -1.02. The Hall–Kier alpha value is -2.50. The molecular weight excluding hydrogens is 220 g/mol. The molecule has 0 aliphatic carbocycles. The zero-order valence-corrected chi connectivity index (χ0v) is 9.21. The van der Waals surface area contributed by atoms with Gasteiger partial charge in [0.2, 0.25) is 0 Å². The molecule has 0 saturated carbocycles. The molecule has 0 spiro atoms. The third-order valence-corrected chi connectivity index (χ3v) is 2.30. The van der Waals surface area contributed by atoms with Crippen molar-refractivity contribution < 1.29 is 9.90 Å². The van der Waals surface area contributed by atoms with Crippen LogP contribution in [0.3, 0.4) is 0 Å². The number of carboxylic acid groups (broad SMARTS) is 1. The summed E-state index contributed by atoms with van der Waals surface area (Å²) in [4.78, 5) is 11.1. The Kier molecular flexibility index (Phi) is 2.70. The summed E-state index contributed by atoms with van der Waals surface area (Å²) in [5.41, 5.74) is 7.35. The number of hydrogen-bond donors (Lipinski definition) is 3. The lowest BCUT2D eigenvalue weighted by atomic mass is 10.1. The first-order valence-corrected chi connectivity index (χ1v) is 4.95. The van der Waals surface area contributed by atoms with Gasteiger partial charge in [-0.1, -0.05) is 6.07 Å². The second kappa shape index (κ2) is 4.17. The number of nitrogens with zero attached hydrogens (tertiary/aromatic N) is 2. The van der Waals surface area contributed by atoms with Gasteiger partial charge in [-0.15, -0.1) is 0 Å². The van der Waals surface area contributed by atoms with E-state index < -0.39 is 5.97 Å². The molecule has 4 N–H and O–H groups in total. The summed E-state index contributed by atoms with van der Waals surface area (Å²) < 4.78 is 1.61. The monoisotopic (exact) mass is 232 g/mol. The number of aryl methyl sites for hydroxylation is 1. The first-order chi connectivity index (χ1) is 8.08. The summed E-state index contributed by atoms with van der Waals surface area (Å²) in [5.74, 6) is -1.02. The van der Waals surface area contributed by atoms with Crippen LogP contribution in [0, 0.1) is 0 Å². The van der Waals surface area contributed by atoms with Gasteiger partial charge in [-0.2, -0.15) is 5.10 Å². The number of hydrogen-bond acceptors (Lipinski definition) is 4. The van der Waals surface area contributed by atoms with E-state index in [2.05, 4.69) is 10.4 Å². The number of para-hydroxylation sites is 1. The highest BCUT2D eigenvalue weighted by Gasteiger charge is 2.12. The number of carbonyl (C=O) groups is 1. The fourth-order valence-corrected chi connectivity index (χ4v) is 1.52. The lowest BCUT2D eigenvalue weighted by Crippen LogP contribution is -2.05. The van der Waals surface area contributed by atoms with E-state index in [1.54, 1.807) is 36.3 Å². The van der Waals surface area contributed by atoms with Gasteiger partial charge >= 0.3 is 5.97 Å². The number of nitrogens with one attached hydrogen (secondary N) is 1. The topological polar surface area (TPSA) is 93.2 Å². The number of aromatic nitrogens is 2. The summed E-state index contributed by atoms with van der Waals surface area (Å²) in [7, 11) is 1.78. The molecule has 1 aromatic heterocycles. The number of rotatable bonds is 3. The minimum absolute atomic E-state index is 0.133. The van der Waals surface area contributed by atoms with Crippen molar-refractivity contribution in [3.05, 3.63) is 36.2 Å². The van der Waals surface area contributed by atoms with E-state index in [1.807, 2.05) is 0 Å². The predicted molar refractivity (Wildman–Crippen MR) is 64.3 cm³/mol. The van der Waals surface area contributed by atoms with Crippen LogP contribution in [0.5, 0.6) is 0 Å². The number of nitrogens with two attached hydrogens (primary N) is 1. The summed E-state index contributed by atoms with van der Waals surface area (Å²) in [6.45, 7) is 0. The first kappa shape index (κ1) is 11.0. The Labute approximate surface area is 97.7 Å². The molecule has 0 aliphatic rings. The van der Waals surface area contributed by atoms with Crippen molar-refractivity contribution in [3.8, 4) is 0 Å². The van der Waals surface area contributed by atoms with Gasteiger partial charge in [-0.05, 0) is 12.1 Å². The van der Waals surface area contributed by atoms with E-state index in [0.29, 0.717) is 17.1 Å². The van der Waals surface area contributed by atoms with Crippen LogP contribution in [0.1, 0.15) is 10.4 Å². The van der Waals surface area contributed by atoms with E-state index in [1.165, 1.54) is 6.07 Å². The molecule has 0 saturated heterocycles. The van der Waals surface area contributed by atoms with E-state index in [0.717, 1.165) is 0 Å². The van der Waals surface area contributed by atoms with Gasteiger partial charge in [0, 0.05) is 13.2 Å². The molecule has 1 aromatic carbocycles. The van der Waals surface area contributed by atoms with Crippen LogP contribution in [0.2, 0.25) is 0 Å². The second-order valence-corrected chi connectivity index (χ2v) is 3.60. The van der Waals surface area contributed by atoms with Gasteiger partial charge in [0.05, 0.1) is 28.8 Å². The number of aromatic carboxylic acids is 1. The van der Waals surface area contributed by atoms with Crippen LogP contribution < -0.4 is 11.1 Å². The standard InChI is InChI=1S/C11H12N4O2/c1-15-6-7(5-13-15)14-10-8(11(16)17)3-2-4-9(10)12/h2-6,14H,12H2,1H3,(H,16,17). The molecule has 0 unspecified atom stereocenters. The van der Waals surface area contributed by atoms with Crippen molar-refractivity contribution in [1.29, 1.82) is 0 Å². The van der Waals surface area contributed by atoms with E-state index in [4.69, 9.17) is 10.8 Å². The summed E-state index contributed by atoms with van der Waals surface area (Å²) in [6, 6.07) is 4.75. The Balaban J connectivity index is 2.40. The molecule has 17 heavy (non-hydrogen) atoms. The molecule has 6 heteroatoms. The Bertz CT molecular complexity index is 562. The lowest BCUT2D eigenvalue weighted by Gasteiger charge is -2.10. The lowest BCUT2D eigenvalue weighted by molar-refractivity contribution is 0.0698. The number of carboxylic acids is 1. The maximum atomic E-state index is 11.1. The van der Waals surface area contributed by atoms with Crippen molar-refractivity contribution in [2.75, 3.05) is 11.1 Å². The number of anilines is 3. The van der Waals surface area contributed by atoms with Crippen LogP contribution in [0.15, 0.2) is 30.6 Å². The summed E-state index contributed by atoms with van der Waals surface area (Å²) in [5, 5.41) is 16.0. The Morgan fingerprint density at radius 3 is 2.88 bits per heavy atom. The smallest absolute Gasteiger partial charge is 0.337 e. The van der Waals surface area contributed by atoms with Gasteiger partial charge in [-0.25, -0.2) is 4.79 Å². The molecule has 88 valence electrons. The van der Waals surface area contributed by atoms with Crippen molar-refractivity contribution in [2.45, 2.75) is 0 Å². The Morgan fingerprint density at radius 1 is 1.53 bits per heavy atom. The fourth-order valence-electron chi connectivity index (χ4n) is 1.52.